The largest absolute Gasteiger partial charge is 0.508 e. The number of carboxylic acids is 1. The van der Waals surface area contributed by atoms with Gasteiger partial charge in [-0.1, -0.05) is 12.1 Å². The molecule has 4 aliphatic carbocycles. The number of amides is 1. The van der Waals surface area contributed by atoms with Gasteiger partial charge in [0.2, 0.25) is 11.2 Å². The van der Waals surface area contributed by atoms with E-state index >= 15 is 4.39 Å². The summed E-state index contributed by atoms with van der Waals surface area (Å²) in [5.41, 5.74) is -6.61. The standard InChI is InChI=1S/C40H42FN5O11/c1-39(56)21-5-4-6-27(47)28(21)33(49)29-22(39)14-23-31(43(2)3)34(50)30(36(52)40(23,57)35(29)51)37(53)42-17-44-9-11-45(12-10-44)26-15-25-19(13-24(26)41)32(48)20(38(54)55)16-46(25)18-7-8-18/h4-6,13,15-16,18,22-23,31,47,49,52,56-57H,7-12,14,17H2,1-3H3,(H,42,53)(H,54,55)/t22?,23?,31-,39+,40-/m0/s1. The van der Waals surface area contributed by atoms with Crippen molar-refractivity contribution >= 4 is 45.8 Å². The number of nitrogens with zero attached hydrogens (tertiary/aromatic N) is 4. The molecule has 5 atom stereocenters. The molecule has 1 aromatic heterocycles. The van der Waals surface area contributed by atoms with Crippen LogP contribution in [0, 0.1) is 17.7 Å². The molecule has 7 N–H and O–H groups in total. The normalized spacial score (nSPS) is 27.8. The van der Waals surface area contributed by atoms with Crippen LogP contribution in [0.4, 0.5) is 10.1 Å². The third-order valence-corrected chi connectivity index (χ3v) is 12.4. The maximum atomic E-state index is 15.5. The summed E-state index contributed by atoms with van der Waals surface area (Å²) in [5.74, 6) is -10.0. The van der Waals surface area contributed by atoms with Crippen molar-refractivity contribution in [3.8, 4) is 5.75 Å². The molecule has 2 aromatic carbocycles. The highest BCUT2D eigenvalue weighted by atomic mass is 19.1. The molecule has 57 heavy (non-hydrogen) atoms. The first-order valence-corrected chi connectivity index (χ1v) is 18.7. The zero-order valence-corrected chi connectivity index (χ0v) is 31.3. The first-order chi connectivity index (χ1) is 26.9. The fraction of sp³-hybridized carbons (Fsp3) is 0.425. The Morgan fingerprint density at radius 3 is 2.33 bits per heavy atom. The number of rotatable bonds is 7. The molecule has 17 heteroatoms. The van der Waals surface area contributed by atoms with Crippen LogP contribution in [0.5, 0.6) is 5.75 Å². The number of benzene rings is 2. The van der Waals surface area contributed by atoms with E-state index in [2.05, 4.69) is 5.32 Å². The molecule has 1 aliphatic heterocycles. The molecule has 2 unspecified atom stereocenters. The topological polar surface area (TPSA) is 233 Å². The van der Waals surface area contributed by atoms with Crippen LogP contribution in [-0.2, 0) is 20.0 Å². The summed E-state index contributed by atoms with van der Waals surface area (Å²) in [6, 6.07) is 5.52. The molecule has 3 aromatic rings. The third kappa shape index (κ3) is 5.66. The van der Waals surface area contributed by atoms with Gasteiger partial charge in [0, 0.05) is 61.2 Å². The molecule has 1 amide bonds. The number of anilines is 1. The number of likely N-dealkylation sites (N-methyl/N-ethyl adjacent to an activating group) is 1. The molecule has 2 heterocycles. The zero-order valence-electron chi connectivity index (χ0n) is 31.3. The van der Waals surface area contributed by atoms with Crippen LogP contribution in [0.1, 0.15) is 53.7 Å². The smallest absolute Gasteiger partial charge is 0.341 e. The number of ketones is 2. The van der Waals surface area contributed by atoms with Crippen molar-refractivity contribution in [2.24, 2.45) is 11.8 Å². The summed E-state index contributed by atoms with van der Waals surface area (Å²) in [6.07, 6.45) is 2.64. The van der Waals surface area contributed by atoms with E-state index in [0.29, 0.717) is 18.6 Å². The summed E-state index contributed by atoms with van der Waals surface area (Å²) in [6.45, 7) is 2.44. The first-order valence-electron chi connectivity index (χ1n) is 18.7. The Morgan fingerprint density at radius 1 is 1.02 bits per heavy atom. The number of fused-ring (bicyclic) bond motifs is 4. The third-order valence-electron chi connectivity index (χ3n) is 12.4. The van der Waals surface area contributed by atoms with Crippen LogP contribution in [0.2, 0.25) is 0 Å². The lowest BCUT2D eigenvalue weighted by Gasteiger charge is -2.53. The number of pyridine rings is 1. The quantitative estimate of drug-likeness (QED) is 0.169. The number of aromatic hydroxyl groups is 1. The van der Waals surface area contributed by atoms with Crippen LogP contribution in [0.15, 0.2) is 58.2 Å². The first kappa shape index (κ1) is 38.3. The van der Waals surface area contributed by atoms with E-state index in [1.54, 1.807) is 20.4 Å². The van der Waals surface area contributed by atoms with Crippen molar-refractivity contribution in [3.05, 3.63) is 86.2 Å². The lowest BCUT2D eigenvalue weighted by Crippen LogP contribution is -2.67. The van der Waals surface area contributed by atoms with Crippen LogP contribution in [0.25, 0.3) is 16.7 Å². The highest BCUT2D eigenvalue weighted by Crippen LogP contribution is 2.57. The number of hydrogen-bond donors (Lipinski definition) is 7. The maximum absolute atomic E-state index is 15.5. The number of aliphatic hydroxyl groups excluding tert-OH is 2. The van der Waals surface area contributed by atoms with Crippen LogP contribution in [0.3, 0.4) is 0 Å². The van der Waals surface area contributed by atoms with Crippen molar-refractivity contribution in [1.82, 2.24) is 19.7 Å². The van der Waals surface area contributed by atoms with Gasteiger partial charge in [-0.05, 0) is 64.0 Å². The number of carbonyl (C=O) groups excluding carboxylic acids is 3. The Morgan fingerprint density at radius 2 is 1.70 bits per heavy atom. The van der Waals surface area contributed by atoms with Crippen LogP contribution >= 0.6 is 0 Å². The van der Waals surface area contributed by atoms with Gasteiger partial charge in [0.05, 0.1) is 35.1 Å². The van der Waals surface area contributed by atoms with Crippen molar-refractivity contribution in [2.45, 2.75) is 49.5 Å². The number of piperazine rings is 1. The molecular formula is C40H42FN5O11. The Kier molecular flexibility index (Phi) is 8.88. The van der Waals surface area contributed by atoms with Crippen LogP contribution < -0.4 is 15.6 Å². The summed E-state index contributed by atoms with van der Waals surface area (Å²) in [7, 11) is 3.02. The van der Waals surface area contributed by atoms with Gasteiger partial charge in [0.15, 0.2) is 11.4 Å². The summed E-state index contributed by atoms with van der Waals surface area (Å²) < 4.78 is 17.3. The number of nitrogens with one attached hydrogen (secondary N) is 1. The molecular weight excluding hydrogens is 745 g/mol. The molecule has 8 rings (SSSR count). The number of halogens is 1. The van der Waals surface area contributed by atoms with Gasteiger partial charge in [-0.25, -0.2) is 9.18 Å². The van der Waals surface area contributed by atoms with Gasteiger partial charge in [-0.2, -0.15) is 0 Å². The summed E-state index contributed by atoms with van der Waals surface area (Å²) in [5, 5.41) is 69.6. The average molecular weight is 788 g/mol. The van der Waals surface area contributed by atoms with Crippen LogP contribution in [-0.4, -0.2) is 127 Å². The van der Waals surface area contributed by atoms with E-state index in [9.17, 15) is 54.6 Å². The van der Waals surface area contributed by atoms with E-state index in [4.69, 9.17) is 0 Å². The van der Waals surface area contributed by atoms with E-state index in [1.165, 1.54) is 50.3 Å². The van der Waals surface area contributed by atoms with Crippen molar-refractivity contribution < 1.29 is 54.2 Å². The van der Waals surface area contributed by atoms with E-state index < -0.39 is 97.7 Å². The average Bonchev–Trinajstić information content (AvgIpc) is 4.00. The van der Waals surface area contributed by atoms with Gasteiger partial charge < -0.3 is 45.4 Å². The van der Waals surface area contributed by atoms with Gasteiger partial charge in [-0.3, -0.25) is 29.0 Å². The molecule has 3 fully saturated rings. The minimum atomic E-state index is -2.86. The van der Waals surface area contributed by atoms with Gasteiger partial charge in [-0.15, -0.1) is 0 Å². The lowest BCUT2D eigenvalue weighted by atomic mass is 9.54. The number of phenols is 1. The number of aromatic nitrogens is 1. The van der Waals surface area contributed by atoms with E-state index in [1.807, 2.05) is 0 Å². The van der Waals surface area contributed by atoms with E-state index in [-0.39, 0.29) is 54.4 Å². The highest BCUT2D eigenvalue weighted by molar-refractivity contribution is 6.25. The zero-order chi connectivity index (χ0) is 41.0. The van der Waals surface area contributed by atoms with Gasteiger partial charge in [0.1, 0.15) is 34.2 Å². The fourth-order valence-corrected chi connectivity index (χ4v) is 9.31. The molecule has 1 saturated heterocycles. The van der Waals surface area contributed by atoms with Crippen molar-refractivity contribution in [2.75, 3.05) is 51.8 Å². The van der Waals surface area contributed by atoms with Crippen molar-refractivity contribution in [1.29, 1.82) is 0 Å². The fourth-order valence-electron chi connectivity index (χ4n) is 9.31. The molecule has 0 bridgehead atoms. The number of aromatic carboxylic acids is 1. The monoisotopic (exact) mass is 787 g/mol. The SMILES string of the molecule is CN(C)[C@@H]1C(=O)C(C(=O)NCN2CCN(c3cc4c(cc3F)c(=O)c(C(=O)O)cn4C3CC3)CC2)=C(O)[C@@]2(O)C(=O)C3=C(O)c4c(O)cccc4[C@@](C)(O)C3CC12. The van der Waals surface area contributed by atoms with Crippen molar-refractivity contribution in [3.63, 3.8) is 0 Å². The second-order valence-corrected chi connectivity index (χ2v) is 16.0. The van der Waals surface area contributed by atoms with Gasteiger partial charge >= 0.3 is 5.97 Å². The Hall–Kier alpha value is -5.62. The number of hydrogen-bond acceptors (Lipinski definition) is 13. The second-order valence-electron chi connectivity index (χ2n) is 16.0. The molecule has 2 saturated carbocycles. The summed E-state index contributed by atoms with van der Waals surface area (Å²) >= 11 is 0. The second kappa shape index (κ2) is 13.2. The number of Topliss-reactive ketones (excluding diaryl/α,β-unsaturated/α-hetero) is 2. The molecule has 16 nitrogen and oxygen atoms in total. The minimum absolute atomic E-state index is 0.00290. The lowest BCUT2D eigenvalue weighted by molar-refractivity contribution is -0.159. The van der Waals surface area contributed by atoms with Gasteiger partial charge in [0.25, 0.3) is 5.91 Å². The van der Waals surface area contributed by atoms with E-state index in [0.717, 1.165) is 18.9 Å². The number of phenolic OH excluding ortho intramolecular Hbond substituents is 1. The number of carboxylic acid groups (broad SMARTS) is 1. The predicted octanol–water partition coefficient (Wildman–Crippen LogP) is 1.53. The summed E-state index contributed by atoms with van der Waals surface area (Å²) in [4.78, 5) is 71.8. The number of carbonyl (C=O) groups is 4. The minimum Gasteiger partial charge on any atom is -0.508 e. The molecule has 5 aliphatic rings. The molecule has 0 radical (unpaired) electrons. The Labute approximate surface area is 324 Å². The Bertz CT molecular complexity index is 2430. The highest BCUT2D eigenvalue weighted by Gasteiger charge is 2.66. The Balaban J connectivity index is 1.03. The maximum Gasteiger partial charge on any atom is 0.341 e. The number of aliphatic hydroxyl groups is 4. The molecule has 300 valence electrons. The predicted molar refractivity (Wildman–Crippen MR) is 201 cm³/mol. The molecule has 0 spiro atoms.